The van der Waals surface area contributed by atoms with Crippen LogP contribution in [0, 0.1) is 6.92 Å². The molecule has 1 aliphatic heterocycles. The smallest absolute Gasteiger partial charge is 0.197 e. The molecule has 114 valence electrons. The standard InChI is InChI=1S/C7H16NO.C7H8O3S/c1-7(9)5-4-6-8(7,2)3;1-6-2-4-7(5-3-6)11(8,9)10/h9H,4-6H2,1-3H3;2-5H,1H3,(H,8,9,10)/q+1;/p-1. The van der Waals surface area contributed by atoms with Crippen LogP contribution in [0.25, 0.3) is 0 Å². The van der Waals surface area contributed by atoms with Crippen LogP contribution in [0.2, 0.25) is 0 Å². The van der Waals surface area contributed by atoms with Gasteiger partial charge in [0.25, 0.3) is 0 Å². The number of likely N-dealkylation sites (tertiary alicyclic amines) is 1. The maximum absolute atomic E-state index is 10.4. The SMILES string of the molecule is CC1(O)CCC[N+]1(C)C.Cc1ccc(S(=O)(=O)[O-])cc1. The topological polar surface area (TPSA) is 77.4 Å². The van der Waals surface area contributed by atoms with E-state index in [1.165, 1.54) is 12.1 Å². The molecule has 0 aliphatic carbocycles. The van der Waals surface area contributed by atoms with Crippen molar-refractivity contribution < 1.29 is 22.6 Å². The predicted molar refractivity (Wildman–Crippen MR) is 76.0 cm³/mol. The molecule has 1 aromatic rings. The molecule has 6 heteroatoms. The summed E-state index contributed by atoms with van der Waals surface area (Å²) in [6, 6.07) is 5.78. The molecule has 5 nitrogen and oxygen atoms in total. The molecule has 1 heterocycles. The number of rotatable bonds is 1. The number of benzene rings is 1. The number of hydrogen-bond donors (Lipinski definition) is 1. The lowest BCUT2D eigenvalue weighted by Gasteiger charge is -2.36. The van der Waals surface area contributed by atoms with E-state index in [-0.39, 0.29) is 4.90 Å². The van der Waals surface area contributed by atoms with Gasteiger partial charge in [0.2, 0.25) is 0 Å². The van der Waals surface area contributed by atoms with Gasteiger partial charge in [0.15, 0.2) is 5.72 Å². The van der Waals surface area contributed by atoms with Crippen molar-refractivity contribution in [1.29, 1.82) is 0 Å². The molecule has 0 radical (unpaired) electrons. The zero-order valence-electron chi connectivity index (χ0n) is 12.5. The molecule has 20 heavy (non-hydrogen) atoms. The van der Waals surface area contributed by atoms with Gasteiger partial charge in [-0.05, 0) is 19.1 Å². The van der Waals surface area contributed by atoms with E-state index in [0.717, 1.165) is 29.4 Å². The molecule has 0 saturated carbocycles. The third kappa shape index (κ3) is 4.28. The molecule has 1 unspecified atom stereocenters. The summed E-state index contributed by atoms with van der Waals surface area (Å²) in [5, 5.41) is 9.69. The number of aryl methyl sites for hydroxylation is 1. The average molecular weight is 301 g/mol. The summed E-state index contributed by atoms with van der Waals surface area (Å²) < 4.78 is 31.9. The summed E-state index contributed by atoms with van der Waals surface area (Å²) in [7, 11) is -0.117. The van der Waals surface area contributed by atoms with Gasteiger partial charge in [0, 0.05) is 19.8 Å². The molecule has 1 atom stereocenters. The normalized spacial score (nSPS) is 24.9. The molecule has 0 amide bonds. The lowest BCUT2D eigenvalue weighted by Crippen LogP contribution is -2.52. The van der Waals surface area contributed by atoms with Crippen molar-refractivity contribution in [2.24, 2.45) is 0 Å². The first-order chi connectivity index (χ1) is 8.96. The molecule has 1 aliphatic rings. The Morgan fingerprint density at radius 1 is 1.25 bits per heavy atom. The Hall–Kier alpha value is -0.950. The summed E-state index contributed by atoms with van der Waals surface area (Å²) in [5.41, 5.74) is 0.456. The average Bonchev–Trinajstić information content (AvgIpc) is 2.51. The molecule has 1 fully saturated rings. The van der Waals surface area contributed by atoms with Crippen LogP contribution >= 0.6 is 0 Å². The molecule has 0 spiro atoms. The zero-order chi connectivity index (χ0) is 15.6. The summed E-state index contributed by atoms with van der Waals surface area (Å²) in [6.45, 7) is 4.84. The van der Waals surface area contributed by atoms with E-state index in [1.54, 1.807) is 12.1 Å². The largest absolute Gasteiger partial charge is 0.744 e. The Bertz CT molecular complexity index is 533. The molecule has 1 saturated heterocycles. The summed E-state index contributed by atoms with van der Waals surface area (Å²) in [6.07, 6.45) is 2.10. The highest BCUT2D eigenvalue weighted by Gasteiger charge is 2.43. The minimum Gasteiger partial charge on any atom is -0.744 e. The highest BCUT2D eigenvalue weighted by atomic mass is 32.2. The Morgan fingerprint density at radius 2 is 1.75 bits per heavy atom. The first-order valence-corrected chi connectivity index (χ1v) is 7.95. The lowest BCUT2D eigenvalue weighted by atomic mass is 10.2. The van der Waals surface area contributed by atoms with Gasteiger partial charge in [-0.3, -0.25) is 0 Å². The Labute approximate surface area is 121 Å². The molecular formula is C14H23NO4S. The van der Waals surface area contributed by atoms with Crippen molar-refractivity contribution in [3.8, 4) is 0 Å². The van der Waals surface area contributed by atoms with Crippen molar-refractivity contribution in [3.05, 3.63) is 29.8 Å². The minimum atomic E-state index is -4.27. The van der Waals surface area contributed by atoms with Crippen molar-refractivity contribution in [2.45, 2.75) is 37.3 Å². The Balaban J connectivity index is 0.000000204. The van der Waals surface area contributed by atoms with Gasteiger partial charge in [0.05, 0.1) is 25.5 Å². The summed E-state index contributed by atoms with van der Waals surface area (Å²) in [4.78, 5) is -0.178. The second-order valence-corrected chi connectivity index (χ2v) is 7.38. The van der Waals surface area contributed by atoms with Gasteiger partial charge < -0.3 is 14.1 Å². The summed E-state index contributed by atoms with van der Waals surface area (Å²) in [5.74, 6) is 0. The third-order valence-electron chi connectivity index (χ3n) is 3.98. The molecule has 2 rings (SSSR count). The quantitative estimate of drug-likeness (QED) is 0.629. The monoisotopic (exact) mass is 301 g/mol. The van der Waals surface area contributed by atoms with E-state index in [2.05, 4.69) is 14.1 Å². The van der Waals surface area contributed by atoms with Crippen LogP contribution in [-0.2, 0) is 10.1 Å². The van der Waals surface area contributed by atoms with Gasteiger partial charge in [-0.25, -0.2) is 8.42 Å². The van der Waals surface area contributed by atoms with Crippen LogP contribution in [0.15, 0.2) is 29.2 Å². The Morgan fingerprint density at radius 3 is 2.00 bits per heavy atom. The van der Waals surface area contributed by atoms with E-state index < -0.39 is 15.8 Å². The fourth-order valence-electron chi connectivity index (χ4n) is 2.06. The van der Waals surface area contributed by atoms with Crippen LogP contribution in [0.3, 0.4) is 0 Å². The molecule has 1 aromatic carbocycles. The van der Waals surface area contributed by atoms with Crippen molar-refractivity contribution in [1.82, 2.24) is 0 Å². The van der Waals surface area contributed by atoms with Crippen molar-refractivity contribution >= 4 is 10.1 Å². The fourth-order valence-corrected chi connectivity index (χ4v) is 2.53. The van der Waals surface area contributed by atoms with Crippen molar-refractivity contribution in [3.63, 3.8) is 0 Å². The third-order valence-corrected chi connectivity index (χ3v) is 4.83. The van der Waals surface area contributed by atoms with Crippen LogP contribution in [0.1, 0.15) is 25.3 Å². The maximum Gasteiger partial charge on any atom is 0.197 e. The molecule has 0 aromatic heterocycles. The number of quaternary nitrogens is 1. The minimum absolute atomic E-state index is 0.178. The van der Waals surface area contributed by atoms with Gasteiger partial charge >= 0.3 is 0 Å². The van der Waals surface area contributed by atoms with Crippen LogP contribution in [0.4, 0.5) is 0 Å². The molecular weight excluding hydrogens is 278 g/mol. The van der Waals surface area contributed by atoms with E-state index in [1.807, 2.05) is 13.8 Å². The zero-order valence-corrected chi connectivity index (χ0v) is 13.3. The number of nitrogens with zero attached hydrogens (tertiary/aromatic N) is 1. The maximum atomic E-state index is 10.4. The van der Waals surface area contributed by atoms with E-state index >= 15 is 0 Å². The molecule has 1 N–H and O–H groups in total. The van der Waals surface area contributed by atoms with Gasteiger partial charge in [-0.1, -0.05) is 17.7 Å². The second-order valence-electron chi connectivity index (χ2n) is 6.00. The molecule has 0 bridgehead atoms. The van der Waals surface area contributed by atoms with Gasteiger partial charge in [-0.15, -0.1) is 0 Å². The summed E-state index contributed by atoms with van der Waals surface area (Å²) >= 11 is 0. The first-order valence-electron chi connectivity index (χ1n) is 6.54. The highest BCUT2D eigenvalue weighted by Crippen LogP contribution is 2.30. The van der Waals surface area contributed by atoms with E-state index in [0.29, 0.717) is 0 Å². The Kier molecular flexibility index (Phi) is 4.97. The number of hydrogen-bond acceptors (Lipinski definition) is 4. The van der Waals surface area contributed by atoms with Crippen LogP contribution in [-0.4, -0.2) is 48.9 Å². The second kappa shape index (κ2) is 5.81. The van der Waals surface area contributed by atoms with Crippen LogP contribution < -0.4 is 0 Å². The van der Waals surface area contributed by atoms with E-state index in [9.17, 15) is 18.1 Å². The lowest BCUT2D eigenvalue weighted by molar-refractivity contribution is -0.951. The van der Waals surface area contributed by atoms with Crippen molar-refractivity contribution in [2.75, 3.05) is 20.6 Å². The highest BCUT2D eigenvalue weighted by molar-refractivity contribution is 7.85. The van der Waals surface area contributed by atoms with E-state index in [4.69, 9.17) is 0 Å². The van der Waals surface area contributed by atoms with Crippen LogP contribution in [0.5, 0.6) is 0 Å². The predicted octanol–water partition coefficient (Wildman–Crippen LogP) is 1.46. The fraction of sp³-hybridized carbons (Fsp3) is 0.571. The first kappa shape index (κ1) is 17.1. The van der Waals surface area contributed by atoms with Gasteiger partial charge in [-0.2, -0.15) is 0 Å². The number of aliphatic hydroxyl groups is 1. The van der Waals surface area contributed by atoms with Gasteiger partial charge in [0.1, 0.15) is 10.1 Å².